The molecule has 0 spiro atoms. The number of likely N-dealkylation sites (tertiary alicyclic amines) is 1. The van der Waals surface area contributed by atoms with Gasteiger partial charge in [0.2, 0.25) is 5.91 Å². The SMILES string of the molecule is COC(=O)c1ccc(-c2ccc(C(CN3CCCC3)N(C)C(=O)CN3C(=O)COc4cc(Cl)c(Cl)cc43)cc2)nc1. The number of methoxy groups -OCH3 is 1. The average Bonchev–Trinajstić information content (AvgIpc) is 3.51. The third-order valence-corrected chi connectivity index (χ3v) is 8.23. The van der Waals surface area contributed by atoms with E-state index in [2.05, 4.69) is 9.88 Å². The number of hydrogen-bond donors (Lipinski definition) is 0. The lowest BCUT2D eigenvalue weighted by atomic mass is 10.0. The maximum Gasteiger partial charge on any atom is 0.339 e. The molecule has 3 heterocycles. The molecule has 0 saturated carbocycles. The standard InChI is InChI=1S/C30H30Cl2N4O5/c1-34(28(37)17-36-25-13-22(31)23(32)14-27(25)41-18-29(36)38)26(16-35-11-3-4-12-35)20-7-5-19(6-8-20)24-10-9-21(15-33-24)30(39)40-2/h5-10,13-15,26H,3-4,11-12,16-18H2,1-2H3. The Kier molecular flexibility index (Phi) is 8.77. The molecule has 9 nitrogen and oxygen atoms in total. The van der Waals surface area contributed by atoms with E-state index in [0.29, 0.717) is 34.3 Å². The first-order valence-corrected chi connectivity index (χ1v) is 14.1. The first-order chi connectivity index (χ1) is 19.7. The maximum absolute atomic E-state index is 13.7. The zero-order valence-electron chi connectivity index (χ0n) is 22.8. The Morgan fingerprint density at radius 3 is 2.44 bits per heavy atom. The van der Waals surface area contributed by atoms with Gasteiger partial charge in [0, 0.05) is 31.4 Å². The first kappa shape index (κ1) is 28.9. The van der Waals surface area contributed by atoms with Gasteiger partial charge in [-0.05, 0) is 49.7 Å². The normalized spacial score (nSPS) is 15.7. The molecule has 1 unspecified atom stereocenters. The highest BCUT2D eigenvalue weighted by Gasteiger charge is 2.32. The summed E-state index contributed by atoms with van der Waals surface area (Å²) in [6.07, 6.45) is 3.74. The summed E-state index contributed by atoms with van der Waals surface area (Å²) in [6, 6.07) is 14.2. The molecular formula is C30H30Cl2N4O5. The summed E-state index contributed by atoms with van der Waals surface area (Å²) < 4.78 is 10.3. The number of carbonyl (C=O) groups is 3. The number of nitrogens with zero attached hydrogens (tertiary/aromatic N) is 4. The van der Waals surface area contributed by atoms with Crippen molar-refractivity contribution in [2.45, 2.75) is 18.9 Å². The monoisotopic (exact) mass is 596 g/mol. The third-order valence-electron chi connectivity index (χ3n) is 7.50. The van der Waals surface area contributed by atoms with E-state index in [4.69, 9.17) is 32.7 Å². The van der Waals surface area contributed by atoms with Crippen LogP contribution in [0.25, 0.3) is 11.3 Å². The van der Waals surface area contributed by atoms with Crippen molar-refractivity contribution in [3.05, 3.63) is 75.9 Å². The van der Waals surface area contributed by atoms with Gasteiger partial charge in [-0.1, -0.05) is 47.5 Å². The molecule has 3 aromatic rings. The number of halogens is 2. The second-order valence-electron chi connectivity index (χ2n) is 10.1. The lowest BCUT2D eigenvalue weighted by Gasteiger charge is -2.35. The van der Waals surface area contributed by atoms with E-state index >= 15 is 0 Å². The molecular weight excluding hydrogens is 567 g/mol. The Bertz CT molecular complexity index is 1440. The lowest BCUT2D eigenvalue weighted by molar-refractivity contribution is -0.133. The first-order valence-electron chi connectivity index (χ1n) is 13.3. The van der Waals surface area contributed by atoms with E-state index in [1.54, 1.807) is 36.2 Å². The number of hydrogen-bond acceptors (Lipinski definition) is 7. The summed E-state index contributed by atoms with van der Waals surface area (Å²) in [4.78, 5) is 48.1. The Balaban J connectivity index is 1.37. The van der Waals surface area contributed by atoms with Crippen LogP contribution >= 0.6 is 23.2 Å². The van der Waals surface area contributed by atoms with Crippen LogP contribution in [0.4, 0.5) is 5.69 Å². The Morgan fingerprint density at radius 1 is 1.07 bits per heavy atom. The van der Waals surface area contributed by atoms with Crippen LogP contribution in [-0.2, 0) is 14.3 Å². The van der Waals surface area contributed by atoms with Crippen molar-refractivity contribution in [2.24, 2.45) is 0 Å². The van der Waals surface area contributed by atoms with Crippen molar-refractivity contribution in [1.29, 1.82) is 0 Å². The molecule has 0 radical (unpaired) electrons. The number of pyridine rings is 1. The molecule has 2 aliphatic heterocycles. The zero-order valence-corrected chi connectivity index (χ0v) is 24.3. The number of aromatic nitrogens is 1. The fraction of sp³-hybridized carbons (Fsp3) is 0.333. The Labute approximate surface area is 248 Å². The number of ether oxygens (including phenoxy) is 2. The van der Waals surface area contributed by atoms with Crippen molar-refractivity contribution in [3.8, 4) is 17.0 Å². The minimum atomic E-state index is -0.439. The smallest absolute Gasteiger partial charge is 0.339 e. The summed E-state index contributed by atoms with van der Waals surface area (Å²) in [5, 5.41) is 0.586. The fourth-order valence-electron chi connectivity index (χ4n) is 5.13. The van der Waals surface area contributed by atoms with Gasteiger partial charge < -0.3 is 19.3 Å². The van der Waals surface area contributed by atoms with Crippen LogP contribution in [0.3, 0.4) is 0 Å². The molecule has 1 saturated heterocycles. The van der Waals surface area contributed by atoms with Crippen LogP contribution < -0.4 is 9.64 Å². The number of benzene rings is 2. The summed E-state index contributed by atoms with van der Waals surface area (Å²) in [5.74, 6) is -0.577. The number of fused-ring (bicyclic) bond motifs is 1. The fourth-order valence-corrected chi connectivity index (χ4v) is 5.44. The molecule has 0 N–H and O–H groups in total. The number of rotatable bonds is 8. The van der Waals surface area contributed by atoms with Gasteiger partial charge in [0.05, 0.1) is 40.1 Å². The van der Waals surface area contributed by atoms with E-state index < -0.39 is 5.97 Å². The molecule has 41 heavy (non-hydrogen) atoms. The number of amides is 2. The van der Waals surface area contributed by atoms with Crippen LogP contribution in [0.2, 0.25) is 10.0 Å². The summed E-state index contributed by atoms with van der Waals surface area (Å²) in [6.45, 7) is 2.27. The van der Waals surface area contributed by atoms with Gasteiger partial charge in [-0.25, -0.2) is 4.79 Å². The highest BCUT2D eigenvalue weighted by Crippen LogP contribution is 2.39. The van der Waals surface area contributed by atoms with Gasteiger partial charge in [0.25, 0.3) is 5.91 Å². The lowest BCUT2D eigenvalue weighted by Crippen LogP contribution is -2.47. The second-order valence-corrected chi connectivity index (χ2v) is 10.9. The van der Waals surface area contributed by atoms with E-state index in [9.17, 15) is 14.4 Å². The predicted octanol–water partition coefficient (Wildman–Crippen LogP) is 4.86. The molecule has 5 rings (SSSR count). The van der Waals surface area contributed by atoms with E-state index in [0.717, 1.165) is 37.1 Å². The number of likely N-dealkylation sites (N-methyl/N-ethyl adjacent to an activating group) is 1. The van der Waals surface area contributed by atoms with E-state index in [1.165, 1.54) is 18.2 Å². The maximum atomic E-state index is 13.7. The quantitative estimate of drug-likeness (QED) is 0.343. The number of esters is 1. The molecule has 0 aliphatic carbocycles. The zero-order chi connectivity index (χ0) is 29.1. The van der Waals surface area contributed by atoms with Gasteiger partial charge in [-0.15, -0.1) is 0 Å². The van der Waals surface area contributed by atoms with Crippen molar-refractivity contribution in [1.82, 2.24) is 14.8 Å². The molecule has 11 heteroatoms. The third kappa shape index (κ3) is 6.32. The molecule has 2 aromatic carbocycles. The summed E-state index contributed by atoms with van der Waals surface area (Å²) in [7, 11) is 3.10. The van der Waals surface area contributed by atoms with Gasteiger partial charge in [0.1, 0.15) is 12.3 Å². The molecule has 214 valence electrons. The minimum absolute atomic E-state index is 0.158. The van der Waals surface area contributed by atoms with Crippen molar-refractivity contribution in [3.63, 3.8) is 0 Å². The van der Waals surface area contributed by atoms with Gasteiger partial charge in [-0.2, -0.15) is 0 Å². The van der Waals surface area contributed by atoms with Gasteiger partial charge in [-0.3, -0.25) is 19.5 Å². The van der Waals surface area contributed by atoms with Crippen LogP contribution in [0, 0.1) is 0 Å². The van der Waals surface area contributed by atoms with Crippen molar-refractivity contribution in [2.75, 3.05) is 51.8 Å². The summed E-state index contributed by atoms with van der Waals surface area (Å²) in [5.41, 5.74) is 3.36. The highest BCUT2D eigenvalue weighted by atomic mass is 35.5. The number of carbonyl (C=O) groups excluding carboxylic acids is 3. The van der Waals surface area contributed by atoms with Crippen LogP contribution in [0.5, 0.6) is 5.75 Å². The summed E-state index contributed by atoms with van der Waals surface area (Å²) >= 11 is 12.4. The number of anilines is 1. The van der Waals surface area contributed by atoms with Crippen LogP contribution in [-0.4, -0.2) is 79.5 Å². The predicted molar refractivity (Wildman–Crippen MR) is 157 cm³/mol. The van der Waals surface area contributed by atoms with E-state index in [-0.39, 0.29) is 36.0 Å². The molecule has 0 bridgehead atoms. The van der Waals surface area contributed by atoms with Crippen LogP contribution in [0.1, 0.15) is 34.8 Å². The minimum Gasteiger partial charge on any atom is -0.482 e. The molecule has 2 amide bonds. The molecule has 1 aromatic heterocycles. The molecule has 1 fully saturated rings. The molecule has 2 aliphatic rings. The average molecular weight is 597 g/mol. The molecule has 1 atom stereocenters. The second kappa shape index (κ2) is 12.5. The van der Waals surface area contributed by atoms with Crippen molar-refractivity contribution >= 4 is 46.7 Å². The van der Waals surface area contributed by atoms with Gasteiger partial charge in [0.15, 0.2) is 6.61 Å². The van der Waals surface area contributed by atoms with Crippen LogP contribution in [0.15, 0.2) is 54.7 Å². The Hall–Kier alpha value is -3.66. The highest BCUT2D eigenvalue weighted by molar-refractivity contribution is 6.42. The van der Waals surface area contributed by atoms with Crippen molar-refractivity contribution < 1.29 is 23.9 Å². The van der Waals surface area contributed by atoms with Gasteiger partial charge >= 0.3 is 5.97 Å². The Morgan fingerprint density at radius 2 is 1.78 bits per heavy atom. The topological polar surface area (TPSA) is 92.3 Å². The largest absolute Gasteiger partial charge is 0.482 e. The van der Waals surface area contributed by atoms with E-state index in [1.807, 2.05) is 24.3 Å².